The third kappa shape index (κ3) is 3.65. The molecule has 5 heteroatoms. The van der Waals surface area contributed by atoms with Gasteiger partial charge in [0.25, 0.3) is 0 Å². The first-order valence-electron chi connectivity index (χ1n) is 8.18. The molecule has 0 saturated carbocycles. The number of ether oxygens (including phenoxy) is 2. The average Bonchev–Trinajstić information content (AvgIpc) is 2.69. The fourth-order valence-electron chi connectivity index (χ4n) is 2.77. The van der Waals surface area contributed by atoms with Crippen molar-refractivity contribution in [1.82, 2.24) is 9.97 Å². The highest BCUT2D eigenvalue weighted by atomic mass is 16.5. The molecule has 0 spiro atoms. The Labute approximate surface area is 152 Å². The minimum atomic E-state index is 0.575. The second kappa shape index (κ2) is 7.66. The van der Waals surface area contributed by atoms with E-state index in [1.54, 1.807) is 20.3 Å². The highest BCUT2D eigenvalue weighted by Gasteiger charge is 2.10. The monoisotopic (exact) mass is 345 g/mol. The molecule has 130 valence electrons. The van der Waals surface area contributed by atoms with Crippen LogP contribution in [0.1, 0.15) is 22.5 Å². The summed E-state index contributed by atoms with van der Waals surface area (Å²) in [6, 6.07) is 15.4. The predicted octanol–water partition coefficient (Wildman–Crippen LogP) is 3.93. The lowest BCUT2D eigenvalue weighted by atomic mass is 10.0. The molecular weight excluding hydrogens is 326 g/mol. The van der Waals surface area contributed by atoms with E-state index in [1.165, 1.54) is 0 Å². The summed E-state index contributed by atoms with van der Waals surface area (Å²) < 4.78 is 10.6. The molecule has 3 rings (SSSR count). The molecule has 0 amide bonds. The number of methoxy groups -OCH3 is 2. The summed E-state index contributed by atoms with van der Waals surface area (Å²) in [7, 11) is 3.23. The Balaban J connectivity index is 1.94. The van der Waals surface area contributed by atoms with Gasteiger partial charge >= 0.3 is 0 Å². The largest absolute Gasteiger partial charge is 0.493 e. The van der Waals surface area contributed by atoms with Crippen molar-refractivity contribution in [3.8, 4) is 28.8 Å². The second-order valence-electron chi connectivity index (χ2n) is 5.88. The number of hydrogen-bond acceptors (Lipinski definition) is 5. The average molecular weight is 345 g/mol. The van der Waals surface area contributed by atoms with Crippen molar-refractivity contribution in [2.75, 3.05) is 14.2 Å². The maximum Gasteiger partial charge on any atom is 0.161 e. The molecule has 5 nitrogen and oxygen atoms in total. The predicted molar refractivity (Wildman–Crippen MR) is 99.3 cm³/mol. The van der Waals surface area contributed by atoms with Crippen LogP contribution in [-0.4, -0.2) is 24.2 Å². The van der Waals surface area contributed by atoms with E-state index in [0.717, 1.165) is 22.4 Å². The minimum absolute atomic E-state index is 0.575. The van der Waals surface area contributed by atoms with Gasteiger partial charge in [-0.05, 0) is 42.3 Å². The first-order chi connectivity index (χ1) is 12.6. The summed E-state index contributed by atoms with van der Waals surface area (Å²) in [5.74, 6) is 2.08. The molecule has 0 bridgehead atoms. The smallest absolute Gasteiger partial charge is 0.161 e. The van der Waals surface area contributed by atoms with Crippen molar-refractivity contribution in [3.63, 3.8) is 0 Å². The summed E-state index contributed by atoms with van der Waals surface area (Å²) >= 11 is 0. The van der Waals surface area contributed by atoms with Gasteiger partial charge in [-0.2, -0.15) is 5.26 Å². The molecule has 0 aliphatic rings. The van der Waals surface area contributed by atoms with Gasteiger partial charge in [0.05, 0.1) is 31.5 Å². The topological polar surface area (TPSA) is 68.0 Å². The van der Waals surface area contributed by atoms with E-state index in [9.17, 15) is 0 Å². The number of benzene rings is 2. The third-order valence-corrected chi connectivity index (χ3v) is 4.10. The highest BCUT2D eigenvalue weighted by Crippen LogP contribution is 2.28. The SMILES string of the molecule is COc1ccc(Cc2ncc(C)c(-c3cccc(C#N)c3)n2)cc1OC. The summed E-state index contributed by atoms with van der Waals surface area (Å²) in [4.78, 5) is 9.17. The van der Waals surface area contributed by atoms with Crippen LogP contribution >= 0.6 is 0 Å². The standard InChI is InChI=1S/C21H19N3O2/c1-14-13-23-20(11-15-7-8-18(25-2)19(10-15)26-3)24-21(14)17-6-4-5-16(9-17)12-22/h4-10,13H,11H2,1-3H3. The van der Waals surface area contributed by atoms with Crippen LogP contribution in [0, 0.1) is 18.3 Å². The number of aryl methyl sites for hydroxylation is 1. The number of nitrogens with zero attached hydrogens (tertiary/aromatic N) is 3. The fraction of sp³-hybridized carbons (Fsp3) is 0.190. The Kier molecular flexibility index (Phi) is 5.14. The Morgan fingerprint density at radius 2 is 1.85 bits per heavy atom. The lowest BCUT2D eigenvalue weighted by Crippen LogP contribution is -2.01. The quantitative estimate of drug-likeness (QED) is 0.701. The van der Waals surface area contributed by atoms with E-state index in [0.29, 0.717) is 29.3 Å². The van der Waals surface area contributed by atoms with Gasteiger partial charge in [-0.25, -0.2) is 9.97 Å². The van der Waals surface area contributed by atoms with Crippen molar-refractivity contribution in [3.05, 3.63) is 71.2 Å². The molecule has 0 fully saturated rings. The molecule has 3 aromatic rings. The van der Waals surface area contributed by atoms with Crippen LogP contribution in [0.4, 0.5) is 0 Å². The van der Waals surface area contributed by atoms with Gasteiger partial charge in [0, 0.05) is 18.2 Å². The van der Waals surface area contributed by atoms with Crippen LogP contribution in [0.5, 0.6) is 11.5 Å². The van der Waals surface area contributed by atoms with Gasteiger partial charge in [-0.1, -0.05) is 18.2 Å². The van der Waals surface area contributed by atoms with Gasteiger partial charge in [-0.3, -0.25) is 0 Å². The molecular formula is C21H19N3O2. The Hall–Kier alpha value is -3.39. The van der Waals surface area contributed by atoms with Crippen molar-refractivity contribution in [1.29, 1.82) is 5.26 Å². The summed E-state index contributed by atoms with van der Waals surface area (Å²) in [6.07, 6.45) is 2.39. The van der Waals surface area contributed by atoms with Crippen LogP contribution in [0.3, 0.4) is 0 Å². The minimum Gasteiger partial charge on any atom is -0.493 e. The molecule has 0 unspecified atom stereocenters. The molecule has 2 aromatic carbocycles. The lowest BCUT2D eigenvalue weighted by Gasteiger charge is -2.10. The molecule has 0 aliphatic carbocycles. The zero-order valence-electron chi connectivity index (χ0n) is 15.0. The zero-order valence-corrected chi connectivity index (χ0v) is 15.0. The number of rotatable bonds is 5. The number of nitriles is 1. The van der Waals surface area contributed by atoms with Crippen LogP contribution in [0.25, 0.3) is 11.3 Å². The molecule has 0 radical (unpaired) electrons. The molecule has 1 aromatic heterocycles. The Bertz CT molecular complexity index is 977. The van der Waals surface area contributed by atoms with Crippen molar-refractivity contribution >= 4 is 0 Å². The van der Waals surface area contributed by atoms with E-state index in [-0.39, 0.29) is 0 Å². The van der Waals surface area contributed by atoms with Crippen molar-refractivity contribution < 1.29 is 9.47 Å². The second-order valence-corrected chi connectivity index (χ2v) is 5.88. The van der Waals surface area contributed by atoms with E-state index in [1.807, 2.05) is 49.5 Å². The van der Waals surface area contributed by atoms with Crippen LogP contribution in [0.2, 0.25) is 0 Å². The van der Waals surface area contributed by atoms with Gasteiger partial charge in [0.2, 0.25) is 0 Å². The van der Waals surface area contributed by atoms with Crippen LogP contribution in [-0.2, 0) is 6.42 Å². The van der Waals surface area contributed by atoms with Crippen LogP contribution in [0.15, 0.2) is 48.7 Å². The Morgan fingerprint density at radius 3 is 2.58 bits per heavy atom. The Morgan fingerprint density at radius 1 is 1.04 bits per heavy atom. The summed E-state index contributed by atoms with van der Waals surface area (Å²) in [6.45, 7) is 1.97. The maximum atomic E-state index is 9.11. The molecule has 0 saturated heterocycles. The molecule has 0 N–H and O–H groups in total. The van der Waals surface area contributed by atoms with Crippen molar-refractivity contribution in [2.45, 2.75) is 13.3 Å². The first-order valence-corrected chi connectivity index (χ1v) is 8.18. The van der Waals surface area contributed by atoms with Gasteiger partial charge in [0.1, 0.15) is 5.82 Å². The lowest BCUT2D eigenvalue weighted by molar-refractivity contribution is 0.354. The van der Waals surface area contributed by atoms with E-state index < -0.39 is 0 Å². The normalized spacial score (nSPS) is 10.2. The molecule has 0 atom stereocenters. The molecule has 1 heterocycles. The summed E-state index contributed by atoms with van der Waals surface area (Å²) in [5, 5.41) is 9.11. The van der Waals surface area contributed by atoms with E-state index in [4.69, 9.17) is 19.7 Å². The summed E-state index contributed by atoms with van der Waals surface area (Å²) in [5.41, 5.74) is 4.37. The number of aromatic nitrogens is 2. The van der Waals surface area contributed by atoms with Crippen LogP contribution < -0.4 is 9.47 Å². The van der Waals surface area contributed by atoms with Gasteiger partial charge in [-0.15, -0.1) is 0 Å². The first kappa shape index (κ1) is 17.4. The third-order valence-electron chi connectivity index (χ3n) is 4.10. The highest BCUT2D eigenvalue weighted by molar-refractivity contribution is 5.64. The maximum absolute atomic E-state index is 9.11. The number of hydrogen-bond donors (Lipinski definition) is 0. The van der Waals surface area contributed by atoms with Crippen molar-refractivity contribution in [2.24, 2.45) is 0 Å². The fourth-order valence-corrected chi connectivity index (χ4v) is 2.77. The zero-order chi connectivity index (χ0) is 18.5. The molecule has 26 heavy (non-hydrogen) atoms. The molecule has 0 aliphatic heterocycles. The van der Waals surface area contributed by atoms with E-state index >= 15 is 0 Å². The van der Waals surface area contributed by atoms with E-state index in [2.05, 4.69) is 11.1 Å². The van der Waals surface area contributed by atoms with Gasteiger partial charge in [0.15, 0.2) is 11.5 Å². The van der Waals surface area contributed by atoms with Gasteiger partial charge < -0.3 is 9.47 Å².